The van der Waals surface area contributed by atoms with Crippen molar-refractivity contribution in [3.05, 3.63) is 150 Å². The van der Waals surface area contributed by atoms with Crippen LogP contribution in [0.4, 0.5) is 0 Å². The van der Waals surface area contributed by atoms with Gasteiger partial charge in [-0.2, -0.15) is 0 Å². The van der Waals surface area contributed by atoms with Crippen LogP contribution in [0.25, 0.3) is 32.3 Å². The van der Waals surface area contributed by atoms with Crippen molar-refractivity contribution in [3.63, 3.8) is 0 Å². The van der Waals surface area contributed by atoms with Gasteiger partial charge in [-0.05, 0) is 74.3 Å². The SMILES string of the molecule is O=C(COc1c(C#Cc2ccncc2)cccc1C#Cc1ccncc1)OCc1ccc2ccc3cccc4ccc1c2c34. The predicted molar refractivity (Wildman–Crippen MR) is 172 cm³/mol. The lowest BCUT2D eigenvalue weighted by Gasteiger charge is -2.14. The lowest BCUT2D eigenvalue weighted by Crippen LogP contribution is -2.16. The molecule has 0 amide bonds. The molecule has 0 N–H and O–H groups in total. The van der Waals surface area contributed by atoms with Gasteiger partial charge in [-0.3, -0.25) is 9.97 Å². The van der Waals surface area contributed by atoms with Crippen LogP contribution >= 0.6 is 0 Å². The Bertz CT molecular complexity index is 2170. The topological polar surface area (TPSA) is 61.3 Å². The summed E-state index contributed by atoms with van der Waals surface area (Å²) in [6, 6.07) is 31.8. The minimum absolute atomic E-state index is 0.133. The summed E-state index contributed by atoms with van der Waals surface area (Å²) < 4.78 is 11.8. The Morgan fingerprint density at radius 1 is 0.591 bits per heavy atom. The summed E-state index contributed by atoms with van der Waals surface area (Å²) in [5.41, 5.74) is 3.79. The summed E-state index contributed by atoms with van der Waals surface area (Å²) in [4.78, 5) is 21.1. The molecule has 0 atom stereocenters. The zero-order chi connectivity index (χ0) is 29.7. The molecule has 0 saturated carbocycles. The highest BCUT2D eigenvalue weighted by Crippen LogP contribution is 2.36. The Balaban J connectivity index is 1.13. The lowest BCUT2D eigenvalue weighted by atomic mass is 9.92. The molecule has 0 radical (unpaired) electrons. The first kappa shape index (κ1) is 26.7. The molecule has 44 heavy (non-hydrogen) atoms. The second-order valence-corrected chi connectivity index (χ2v) is 10.2. The number of pyridine rings is 2. The number of ether oxygens (including phenoxy) is 2. The van der Waals surface area contributed by atoms with Gasteiger partial charge in [0.2, 0.25) is 0 Å². The summed E-state index contributed by atoms with van der Waals surface area (Å²) in [7, 11) is 0. The number of benzene rings is 5. The van der Waals surface area contributed by atoms with E-state index in [0.717, 1.165) is 27.5 Å². The lowest BCUT2D eigenvalue weighted by molar-refractivity contribution is -0.147. The maximum Gasteiger partial charge on any atom is 0.344 e. The third-order valence-corrected chi connectivity index (χ3v) is 7.40. The van der Waals surface area contributed by atoms with Crippen LogP contribution in [-0.2, 0) is 16.1 Å². The van der Waals surface area contributed by atoms with Crippen molar-refractivity contribution < 1.29 is 14.3 Å². The maximum absolute atomic E-state index is 13.0. The van der Waals surface area contributed by atoms with E-state index in [2.05, 4.69) is 82.2 Å². The van der Waals surface area contributed by atoms with Crippen molar-refractivity contribution in [1.29, 1.82) is 0 Å². The second-order valence-electron chi connectivity index (χ2n) is 10.2. The molecule has 0 spiro atoms. The standard InChI is InChI=1S/C39H24N2O3/c42-36(43-25-34-14-13-31-12-11-29-3-1-4-30-15-16-35(34)38(31)37(29)30)26-44-39-32(9-7-27-17-21-40-22-18-27)5-2-6-33(39)10-8-28-19-23-41-24-20-28/h1-6,11-24H,25-26H2. The fraction of sp³-hybridized carbons (Fsp3) is 0.0513. The third-order valence-electron chi connectivity index (χ3n) is 7.40. The number of hydrogen-bond donors (Lipinski definition) is 0. The first-order chi connectivity index (χ1) is 21.7. The molecular formula is C39H24N2O3. The first-order valence-electron chi connectivity index (χ1n) is 14.1. The molecule has 0 unspecified atom stereocenters. The summed E-state index contributed by atoms with van der Waals surface area (Å²) in [6.07, 6.45) is 6.76. The Morgan fingerprint density at radius 2 is 1.14 bits per heavy atom. The number of para-hydroxylation sites is 1. The number of rotatable bonds is 5. The maximum atomic E-state index is 13.0. The van der Waals surface area contributed by atoms with Crippen LogP contribution < -0.4 is 4.74 Å². The largest absolute Gasteiger partial charge is 0.479 e. The number of carbonyl (C=O) groups excluding carboxylic acids is 1. The van der Waals surface area contributed by atoms with E-state index in [1.807, 2.05) is 48.5 Å². The van der Waals surface area contributed by atoms with E-state index in [9.17, 15) is 4.79 Å². The van der Waals surface area contributed by atoms with Gasteiger partial charge in [0.15, 0.2) is 12.4 Å². The van der Waals surface area contributed by atoms with Crippen LogP contribution in [0.5, 0.6) is 5.75 Å². The van der Waals surface area contributed by atoms with Gasteiger partial charge in [-0.1, -0.05) is 84.3 Å². The van der Waals surface area contributed by atoms with Crippen molar-refractivity contribution in [1.82, 2.24) is 9.97 Å². The van der Waals surface area contributed by atoms with Gasteiger partial charge in [-0.25, -0.2) is 4.79 Å². The molecule has 0 bridgehead atoms. The molecule has 208 valence electrons. The second kappa shape index (κ2) is 12.0. The molecule has 2 aromatic heterocycles. The Hall–Kier alpha value is -6.17. The van der Waals surface area contributed by atoms with Crippen LogP contribution in [0.1, 0.15) is 27.8 Å². The molecule has 5 aromatic carbocycles. The quantitative estimate of drug-likeness (QED) is 0.124. The van der Waals surface area contributed by atoms with Crippen LogP contribution in [0.2, 0.25) is 0 Å². The highest BCUT2D eigenvalue weighted by Gasteiger charge is 2.14. The van der Waals surface area contributed by atoms with Gasteiger partial charge in [-0.15, -0.1) is 0 Å². The van der Waals surface area contributed by atoms with E-state index in [-0.39, 0.29) is 13.2 Å². The third kappa shape index (κ3) is 5.51. The molecule has 2 heterocycles. The Morgan fingerprint density at radius 3 is 1.77 bits per heavy atom. The van der Waals surface area contributed by atoms with E-state index in [1.165, 1.54) is 21.5 Å². The zero-order valence-electron chi connectivity index (χ0n) is 23.6. The van der Waals surface area contributed by atoms with E-state index in [0.29, 0.717) is 16.9 Å². The fourth-order valence-corrected chi connectivity index (χ4v) is 5.29. The van der Waals surface area contributed by atoms with Gasteiger partial charge in [0.1, 0.15) is 6.61 Å². The minimum atomic E-state index is -0.486. The smallest absolute Gasteiger partial charge is 0.344 e. The normalized spacial score (nSPS) is 10.6. The van der Waals surface area contributed by atoms with E-state index in [1.54, 1.807) is 24.8 Å². The Labute approximate surface area is 254 Å². The first-order valence-corrected chi connectivity index (χ1v) is 14.1. The van der Waals surface area contributed by atoms with Crippen LogP contribution in [-0.4, -0.2) is 22.5 Å². The van der Waals surface area contributed by atoms with E-state index in [4.69, 9.17) is 9.47 Å². The highest BCUT2D eigenvalue weighted by molar-refractivity contribution is 6.23. The highest BCUT2D eigenvalue weighted by atomic mass is 16.6. The molecule has 0 aliphatic rings. The van der Waals surface area contributed by atoms with E-state index < -0.39 is 5.97 Å². The van der Waals surface area contributed by atoms with Crippen LogP contribution in [0.15, 0.2) is 122 Å². The monoisotopic (exact) mass is 568 g/mol. The molecule has 0 fully saturated rings. The molecule has 5 nitrogen and oxygen atoms in total. The minimum Gasteiger partial charge on any atom is -0.479 e. The molecule has 7 aromatic rings. The molecule has 0 aliphatic heterocycles. The number of hydrogen-bond acceptors (Lipinski definition) is 5. The number of nitrogens with zero attached hydrogens (tertiary/aromatic N) is 2. The summed E-state index contributed by atoms with van der Waals surface area (Å²) in [5.74, 6) is 12.5. The molecule has 0 saturated heterocycles. The predicted octanol–water partition coefficient (Wildman–Crippen LogP) is 7.30. The van der Waals surface area contributed by atoms with Crippen molar-refractivity contribution in [2.45, 2.75) is 6.61 Å². The summed E-state index contributed by atoms with van der Waals surface area (Å²) >= 11 is 0. The molecule has 0 aliphatic carbocycles. The van der Waals surface area contributed by atoms with Gasteiger partial charge in [0, 0.05) is 35.9 Å². The summed E-state index contributed by atoms with van der Waals surface area (Å²) in [5, 5.41) is 7.03. The van der Waals surface area contributed by atoms with Gasteiger partial charge >= 0.3 is 5.97 Å². The van der Waals surface area contributed by atoms with Gasteiger partial charge in [0.05, 0.1) is 11.1 Å². The molecular weight excluding hydrogens is 544 g/mol. The molecule has 7 rings (SSSR count). The van der Waals surface area contributed by atoms with Gasteiger partial charge in [0.25, 0.3) is 0 Å². The van der Waals surface area contributed by atoms with Crippen LogP contribution in [0.3, 0.4) is 0 Å². The average molecular weight is 569 g/mol. The average Bonchev–Trinajstić information content (AvgIpc) is 3.08. The van der Waals surface area contributed by atoms with Crippen LogP contribution in [0, 0.1) is 23.7 Å². The van der Waals surface area contributed by atoms with Crippen molar-refractivity contribution in [2.24, 2.45) is 0 Å². The van der Waals surface area contributed by atoms with Crippen molar-refractivity contribution in [3.8, 4) is 29.4 Å². The number of aromatic nitrogens is 2. The number of esters is 1. The van der Waals surface area contributed by atoms with E-state index >= 15 is 0 Å². The Kier molecular flexibility index (Phi) is 7.27. The summed E-state index contributed by atoms with van der Waals surface area (Å²) in [6.45, 7) is -0.154. The van der Waals surface area contributed by atoms with Crippen molar-refractivity contribution >= 4 is 38.3 Å². The zero-order valence-corrected chi connectivity index (χ0v) is 23.6. The number of carbonyl (C=O) groups is 1. The molecule has 5 heteroatoms. The van der Waals surface area contributed by atoms with Gasteiger partial charge < -0.3 is 9.47 Å². The fourth-order valence-electron chi connectivity index (χ4n) is 5.29. The van der Waals surface area contributed by atoms with Crippen molar-refractivity contribution in [2.75, 3.05) is 6.61 Å².